The van der Waals surface area contributed by atoms with Crippen LogP contribution in [-0.4, -0.2) is 31.7 Å². The van der Waals surface area contributed by atoms with E-state index in [1.54, 1.807) is 12.1 Å². The fraction of sp³-hybridized carbons (Fsp3) is 0.500. The molecule has 0 spiro atoms. The Balaban J connectivity index is 2.30. The Hall–Kier alpha value is -2.71. The zero-order valence-corrected chi connectivity index (χ0v) is 23.7. The number of rotatable bonds is 8. The molecule has 0 aliphatic rings. The molecule has 198 valence electrons. The van der Waals surface area contributed by atoms with Gasteiger partial charge in [-0.2, -0.15) is 9.82 Å². The molecule has 0 saturated heterocycles. The van der Waals surface area contributed by atoms with Gasteiger partial charge in [-0.15, -0.1) is 0 Å². The third-order valence-electron chi connectivity index (χ3n) is 5.79. The van der Waals surface area contributed by atoms with Crippen molar-refractivity contribution in [3.63, 3.8) is 0 Å². The molecule has 0 heterocycles. The second-order valence-electron chi connectivity index (χ2n) is 11.8. The summed E-state index contributed by atoms with van der Waals surface area (Å²) in [7, 11) is -3.88. The number of nitrogens with zero attached hydrogens (tertiary/aromatic N) is 1. The first-order valence-corrected chi connectivity index (χ1v) is 13.7. The van der Waals surface area contributed by atoms with Gasteiger partial charge in [-0.25, -0.2) is 13.8 Å². The second-order valence-corrected chi connectivity index (χ2v) is 13.5. The molecular formula is C28H41N3O4S. The van der Waals surface area contributed by atoms with Crippen LogP contribution in [-0.2, 0) is 25.6 Å². The number of aryl methyl sites for hydroxylation is 1. The average molecular weight is 516 g/mol. The van der Waals surface area contributed by atoms with Gasteiger partial charge >= 0.3 is 0 Å². The van der Waals surface area contributed by atoms with E-state index >= 15 is 0 Å². The van der Waals surface area contributed by atoms with Crippen molar-refractivity contribution in [2.24, 2.45) is 11.0 Å². The third kappa shape index (κ3) is 7.90. The lowest BCUT2D eigenvalue weighted by molar-refractivity contribution is -0.123. The summed E-state index contributed by atoms with van der Waals surface area (Å²) < 4.78 is 28.3. The molecule has 3 N–H and O–H groups in total. The van der Waals surface area contributed by atoms with Gasteiger partial charge in [0.15, 0.2) is 0 Å². The van der Waals surface area contributed by atoms with Crippen molar-refractivity contribution in [2.75, 3.05) is 0 Å². The number of hydrazone groups is 1. The van der Waals surface area contributed by atoms with Gasteiger partial charge in [0.05, 0.1) is 11.1 Å². The molecule has 36 heavy (non-hydrogen) atoms. The van der Waals surface area contributed by atoms with Crippen molar-refractivity contribution in [1.82, 2.24) is 10.1 Å². The zero-order chi connectivity index (χ0) is 27.5. The van der Waals surface area contributed by atoms with E-state index < -0.39 is 22.0 Å². The molecule has 0 unspecified atom stereocenters. The van der Waals surface area contributed by atoms with Crippen molar-refractivity contribution < 1.29 is 18.3 Å². The monoisotopic (exact) mass is 515 g/mol. The minimum atomic E-state index is -3.88. The summed E-state index contributed by atoms with van der Waals surface area (Å²) in [5.41, 5.74) is 5.13. The highest BCUT2D eigenvalue weighted by Crippen LogP contribution is 2.39. The summed E-state index contributed by atoms with van der Waals surface area (Å²) in [5.74, 6) is -0.202. The Kier molecular flexibility index (Phi) is 9.13. The van der Waals surface area contributed by atoms with Gasteiger partial charge in [0.2, 0.25) is 10.0 Å². The van der Waals surface area contributed by atoms with Gasteiger partial charge in [-0.1, -0.05) is 73.1 Å². The number of amides is 1. The van der Waals surface area contributed by atoms with Crippen molar-refractivity contribution in [3.8, 4) is 5.75 Å². The molecule has 2 aromatic rings. The first-order chi connectivity index (χ1) is 16.4. The van der Waals surface area contributed by atoms with Crippen LogP contribution in [0.25, 0.3) is 0 Å². The summed E-state index contributed by atoms with van der Waals surface area (Å²) in [6.45, 7) is 17.8. The summed E-state index contributed by atoms with van der Waals surface area (Å²) in [6.07, 6.45) is 1.83. The molecule has 0 aliphatic heterocycles. The maximum Gasteiger partial charge on any atom is 0.258 e. The quantitative estimate of drug-likeness (QED) is 0.334. The van der Waals surface area contributed by atoms with Crippen LogP contribution < -0.4 is 10.1 Å². The van der Waals surface area contributed by atoms with E-state index in [2.05, 4.69) is 15.2 Å². The summed E-state index contributed by atoms with van der Waals surface area (Å²) in [5, 5.41) is 15.0. The molecule has 7 nitrogen and oxygen atoms in total. The van der Waals surface area contributed by atoms with Crippen LogP contribution >= 0.6 is 0 Å². The molecule has 0 fully saturated rings. The molecule has 0 bridgehead atoms. The van der Waals surface area contributed by atoms with Gasteiger partial charge in [-0.3, -0.25) is 4.79 Å². The standard InChI is InChI=1S/C28H41N3O4S/c1-18(2)14-24(31-36(34,35)21-12-10-19(3)11-13-21)26(33)30-29-17-20-15-22(27(4,5)6)25(32)23(16-20)28(7,8)9/h10-13,15-18,24,31-32H,14H2,1-9H3,(H,30,33)/b29-17-/t24-/m0/s1. The SMILES string of the molecule is Cc1ccc(S(=O)(=O)N[C@@H](CC(C)C)C(=O)N/N=C\c2cc(C(C)(C)C)c(O)c(C(C)(C)C)c2)cc1. The van der Waals surface area contributed by atoms with Gasteiger partial charge < -0.3 is 5.11 Å². The van der Waals surface area contributed by atoms with Crippen LogP contribution in [0.3, 0.4) is 0 Å². The molecule has 2 aromatic carbocycles. The Morgan fingerprint density at radius 3 is 1.94 bits per heavy atom. The van der Waals surface area contributed by atoms with Crippen LogP contribution in [0.5, 0.6) is 5.75 Å². The molecule has 0 aliphatic carbocycles. The predicted octanol–water partition coefficient (Wildman–Crippen LogP) is 5.14. The average Bonchev–Trinajstić information content (AvgIpc) is 2.72. The number of phenols is 1. The topological polar surface area (TPSA) is 108 Å². The lowest BCUT2D eigenvalue weighted by Crippen LogP contribution is -2.46. The molecule has 1 atom stereocenters. The number of hydrogen-bond donors (Lipinski definition) is 3. The van der Waals surface area contributed by atoms with E-state index in [1.165, 1.54) is 18.3 Å². The molecule has 0 saturated carbocycles. The number of sulfonamides is 1. The minimum absolute atomic E-state index is 0.0752. The number of phenolic OH excluding ortho intramolecular Hbond substituents is 1. The Morgan fingerprint density at radius 1 is 1.00 bits per heavy atom. The Labute approximate surface area is 216 Å². The van der Waals surface area contributed by atoms with Gasteiger partial charge in [0, 0.05) is 11.1 Å². The molecule has 0 radical (unpaired) electrons. The van der Waals surface area contributed by atoms with Gasteiger partial charge in [0.25, 0.3) is 5.91 Å². The number of hydrogen-bond acceptors (Lipinski definition) is 5. The van der Waals surface area contributed by atoms with Crippen LogP contribution in [0.15, 0.2) is 46.4 Å². The smallest absolute Gasteiger partial charge is 0.258 e. The van der Waals surface area contributed by atoms with Crippen molar-refractivity contribution >= 4 is 22.1 Å². The van der Waals surface area contributed by atoms with Crippen molar-refractivity contribution in [3.05, 3.63) is 58.7 Å². The Morgan fingerprint density at radius 2 is 1.50 bits per heavy atom. The highest BCUT2D eigenvalue weighted by Gasteiger charge is 2.28. The molecule has 1 amide bonds. The van der Waals surface area contributed by atoms with Gasteiger partial charge in [-0.05, 0) is 59.9 Å². The highest BCUT2D eigenvalue weighted by molar-refractivity contribution is 7.89. The number of nitrogens with one attached hydrogen (secondary N) is 2. The summed E-state index contributed by atoms with van der Waals surface area (Å²) in [6, 6.07) is 9.19. The largest absolute Gasteiger partial charge is 0.507 e. The minimum Gasteiger partial charge on any atom is -0.507 e. The first kappa shape index (κ1) is 29.5. The number of carbonyl (C=O) groups is 1. The van der Waals surface area contributed by atoms with E-state index in [0.717, 1.165) is 22.3 Å². The van der Waals surface area contributed by atoms with Crippen LogP contribution in [0, 0.1) is 12.8 Å². The number of aromatic hydroxyl groups is 1. The van der Waals surface area contributed by atoms with E-state index in [9.17, 15) is 18.3 Å². The lowest BCUT2D eigenvalue weighted by atomic mass is 9.78. The Bertz CT molecular complexity index is 1170. The number of benzene rings is 2. The van der Waals surface area contributed by atoms with Crippen LogP contribution in [0.4, 0.5) is 0 Å². The fourth-order valence-electron chi connectivity index (χ4n) is 3.78. The predicted molar refractivity (Wildman–Crippen MR) is 146 cm³/mol. The number of carbonyl (C=O) groups excluding carboxylic acids is 1. The maximum absolute atomic E-state index is 12.9. The maximum atomic E-state index is 12.9. The highest BCUT2D eigenvalue weighted by atomic mass is 32.2. The van der Waals surface area contributed by atoms with Crippen LogP contribution in [0.2, 0.25) is 0 Å². The van der Waals surface area contributed by atoms with E-state index in [1.807, 2.05) is 74.4 Å². The fourth-order valence-corrected chi connectivity index (χ4v) is 4.98. The van der Waals surface area contributed by atoms with Gasteiger partial charge in [0.1, 0.15) is 11.8 Å². The van der Waals surface area contributed by atoms with E-state index in [0.29, 0.717) is 6.42 Å². The molecule has 2 rings (SSSR count). The summed E-state index contributed by atoms with van der Waals surface area (Å²) in [4.78, 5) is 13.1. The molecule has 0 aromatic heterocycles. The summed E-state index contributed by atoms with van der Waals surface area (Å²) >= 11 is 0. The first-order valence-electron chi connectivity index (χ1n) is 12.2. The van der Waals surface area contributed by atoms with Crippen molar-refractivity contribution in [2.45, 2.75) is 90.5 Å². The molecule has 8 heteroatoms. The lowest BCUT2D eigenvalue weighted by Gasteiger charge is -2.27. The normalized spacial score (nSPS) is 13.8. The second kappa shape index (κ2) is 11.1. The van der Waals surface area contributed by atoms with E-state index in [-0.39, 0.29) is 27.4 Å². The molecular weight excluding hydrogens is 474 g/mol. The zero-order valence-electron chi connectivity index (χ0n) is 22.9. The van der Waals surface area contributed by atoms with E-state index in [4.69, 9.17) is 0 Å². The van der Waals surface area contributed by atoms with Crippen LogP contribution in [0.1, 0.15) is 84.1 Å². The third-order valence-corrected chi connectivity index (χ3v) is 7.28. The van der Waals surface area contributed by atoms with Crippen molar-refractivity contribution in [1.29, 1.82) is 0 Å².